The Balaban J connectivity index is 3.26. The lowest BCUT2D eigenvalue weighted by Gasteiger charge is -2.08. The zero-order chi connectivity index (χ0) is 13.5. The molecule has 0 bridgehead atoms. The second-order valence-electron chi connectivity index (χ2n) is 3.12. The van der Waals surface area contributed by atoms with E-state index in [4.69, 9.17) is 21.5 Å². The molecule has 18 heavy (non-hydrogen) atoms. The first-order chi connectivity index (χ1) is 8.63. The molecule has 1 aromatic rings. The van der Waals surface area contributed by atoms with Crippen LogP contribution in [0, 0.1) is 34.0 Å². The molecular formula is C12H7N5O. The fourth-order valence-corrected chi connectivity index (χ4v) is 1.22. The lowest BCUT2D eigenvalue weighted by atomic mass is 10.1. The van der Waals surface area contributed by atoms with Crippen molar-refractivity contribution < 1.29 is 4.79 Å². The van der Waals surface area contributed by atoms with Crippen molar-refractivity contribution >= 4 is 11.6 Å². The Morgan fingerprint density at radius 3 is 2.22 bits per heavy atom. The molecule has 0 saturated carbocycles. The van der Waals surface area contributed by atoms with Crippen LogP contribution in [-0.2, 0) is 0 Å². The topological polar surface area (TPSA) is 126 Å². The summed E-state index contributed by atoms with van der Waals surface area (Å²) in [5, 5.41) is 28.8. The highest BCUT2D eigenvalue weighted by Gasteiger charge is 2.11. The summed E-state index contributed by atoms with van der Waals surface area (Å²) in [5.74, 6) is -0.675. The number of allylic oxidation sites excluding steroid dienone is 2. The average molecular weight is 237 g/mol. The van der Waals surface area contributed by atoms with Crippen LogP contribution < -0.4 is 11.1 Å². The lowest BCUT2D eigenvalue weighted by molar-refractivity contribution is 0.100. The molecule has 0 heterocycles. The molecule has 3 N–H and O–H groups in total. The number of primary amides is 1. The molecule has 0 aromatic heterocycles. The molecule has 0 aliphatic heterocycles. The molecule has 1 rings (SSSR count). The molecule has 0 aliphatic rings. The smallest absolute Gasteiger partial charge is 0.250 e. The quantitative estimate of drug-likeness (QED) is 0.758. The van der Waals surface area contributed by atoms with Crippen molar-refractivity contribution in [1.82, 2.24) is 0 Å². The maximum atomic E-state index is 11.2. The minimum Gasteiger partial charge on any atom is -0.366 e. The second kappa shape index (κ2) is 5.69. The van der Waals surface area contributed by atoms with E-state index in [1.54, 1.807) is 30.3 Å². The number of amides is 1. The van der Waals surface area contributed by atoms with Crippen LogP contribution in [0.15, 0.2) is 35.5 Å². The summed E-state index contributed by atoms with van der Waals surface area (Å²) in [6.07, 6.45) is 0. The van der Waals surface area contributed by atoms with Gasteiger partial charge in [-0.2, -0.15) is 15.8 Å². The summed E-state index contributed by atoms with van der Waals surface area (Å²) in [6.45, 7) is 0. The van der Waals surface area contributed by atoms with Gasteiger partial charge in [0.25, 0.3) is 5.91 Å². The number of para-hydroxylation sites is 1. The number of benzene rings is 1. The fraction of sp³-hybridized carbons (Fsp3) is 0. The Kier molecular flexibility index (Phi) is 4.04. The van der Waals surface area contributed by atoms with Gasteiger partial charge in [0, 0.05) is 0 Å². The molecule has 6 nitrogen and oxygen atoms in total. The van der Waals surface area contributed by atoms with Crippen molar-refractivity contribution in [2.24, 2.45) is 5.73 Å². The molecule has 86 valence electrons. The van der Waals surface area contributed by atoms with Crippen molar-refractivity contribution in [1.29, 1.82) is 15.8 Å². The highest BCUT2D eigenvalue weighted by molar-refractivity contribution is 5.98. The lowest BCUT2D eigenvalue weighted by Crippen LogP contribution is -2.14. The van der Waals surface area contributed by atoms with E-state index in [1.807, 2.05) is 0 Å². The van der Waals surface area contributed by atoms with E-state index in [9.17, 15) is 4.79 Å². The van der Waals surface area contributed by atoms with Crippen LogP contribution in [0.3, 0.4) is 0 Å². The Hall–Kier alpha value is -3.30. The van der Waals surface area contributed by atoms with Gasteiger partial charge in [0.05, 0.1) is 11.3 Å². The molecule has 0 aliphatic carbocycles. The first kappa shape index (κ1) is 12.8. The fourth-order valence-electron chi connectivity index (χ4n) is 1.22. The van der Waals surface area contributed by atoms with E-state index in [2.05, 4.69) is 5.32 Å². The molecule has 0 saturated heterocycles. The number of carbonyl (C=O) groups excluding carboxylic acids is 1. The van der Waals surface area contributed by atoms with Crippen LogP contribution in [0.2, 0.25) is 0 Å². The van der Waals surface area contributed by atoms with Gasteiger partial charge in [-0.15, -0.1) is 0 Å². The number of rotatable bonds is 3. The minimum absolute atomic E-state index is 0.167. The van der Waals surface area contributed by atoms with Gasteiger partial charge in [-0.05, 0) is 12.1 Å². The third-order valence-corrected chi connectivity index (χ3v) is 2.04. The molecule has 0 unspecified atom stereocenters. The van der Waals surface area contributed by atoms with Crippen molar-refractivity contribution in [3.05, 3.63) is 41.1 Å². The summed E-state index contributed by atoms with van der Waals surface area (Å²) >= 11 is 0. The Bertz CT molecular complexity index is 624. The van der Waals surface area contributed by atoms with Crippen LogP contribution in [0.4, 0.5) is 5.69 Å². The third-order valence-electron chi connectivity index (χ3n) is 2.04. The first-order valence-corrected chi connectivity index (χ1v) is 4.74. The monoisotopic (exact) mass is 237 g/mol. The summed E-state index contributed by atoms with van der Waals surface area (Å²) in [6, 6.07) is 11.1. The predicted octanol–water partition coefficient (Wildman–Crippen LogP) is 1.02. The van der Waals surface area contributed by atoms with Crippen molar-refractivity contribution in [3.63, 3.8) is 0 Å². The Morgan fingerprint density at radius 1 is 1.11 bits per heavy atom. The van der Waals surface area contributed by atoms with Crippen LogP contribution in [0.1, 0.15) is 10.4 Å². The molecular weight excluding hydrogens is 230 g/mol. The summed E-state index contributed by atoms with van der Waals surface area (Å²) < 4.78 is 0. The second-order valence-corrected chi connectivity index (χ2v) is 3.12. The summed E-state index contributed by atoms with van der Waals surface area (Å²) in [7, 11) is 0. The molecule has 1 aromatic carbocycles. The average Bonchev–Trinajstić information content (AvgIpc) is 2.39. The number of hydrogen-bond donors (Lipinski definition) is 2. The maximum absolute atomic E-state index is 11.2. The SMILES string of the molecule is N#CC(C#N)=C(C#N)Nc1ccccc1C(N)=O. The molecule has 0 atom stereocenters. The number of hydrogen-bond acceptors (Lipinski definition) is 5. The number of nitrogens with two attached hydrogens (primary N) is 1. The van der Waals surface area contributed by atoms with Gasteiger partial charge >= 0.3 is 0 Å². The number of anilines is 1. The number of nitrogens with one attached hydrogen (secondary N) is 1. The zero-order valence-electron chi connectivity index (χ0n) is 9.14. The van der Waals surface area contributed by atoms with Gasteiger partial charge in [0.2, 0.25) is 0 Å². The molecule has 0 spiro atoms. The first-order valence-electron chi connectivity index (χ1n) is 4.74. The minimum atomic E-state index is -0.675. The third kappa shape index (κ3) is 2.63. The molecule has 0 fully saturated rings. The largest absolute Gasteiger partial charge is 0.366 e. The van der Waals surface area contributed by atoms with Crippen molar-refractivity contribution in [2.45, 2.75) is 0 Å². The Labute approximate surface area is 103 Å². The normalized spacial score (nSPS) is 8.28. The van der Waals surface area contributed by atoms with Gasteiger partial charge in [0.1, 0.15) is 23.9 Å². The van der Waals surface area contributed by atoms with E-state index in [-0.39, 0.29) is 22.5 Å². The van der Waals surface area contributed by atoms with E-state index in [0.29, 0.717) is 0 Å². The molecule has 6 heteroatoms. The molecule has 0 radical (unpaired) electrons. The van der Waals surface area contributed by atoms with E-state index >= 15 is 0 Å². The summed E-state index contributed by atoms with van der Waals surface area (Å²) in [5.41, 5.74) is 5.01. The highest BCUT2D eigenvalue weighted by atomic mass is 16.1. The van der Waals surface area contributed by atoms with Gasteiger partial charge in [-0.1, -0.05) is 12.1 Å². The van der Waals surface area contributed by atoms with Crippen LogP contribution in [0.5, 0.6) is 0 Å². The number of nitriles is 3. The van der Waals surface area contributed by atoms with Crippen LogP contribution in [0.25, 0.3) is 0 Å². The predicted molar refractivity (Wildman–Crippen MR) is 62.4 cm³/mol. The standard InChI is InChI=1S/C12H7N5O/c13-5-8(6-14)11(7-15)17-10-4-2-1-3-9(10)12(16)18/h1-4,17H,(H2,16,18). The van der Waals surface area contributed by atoms with E-state index in [0.717, 1.165) is 0 Å². The van der Waals surface area contributed by atoms with Crippen molar-refractivity contribution in [2.75, 3.05) is 5.32 Å². The number of nitrogens with zero attached hydrogens (tertiary/aromatic N) is 3. The van der Waals surface area contributed by atoms with Gasteiger partial charge < -0.3 is 11.1 Å². The highest BCUT2D eigenvalue weighted by Crippen LogP contribution is 2.17. The molecule has 1 amide bonds. The van der Waals surface area contributed by atoms with E-state index in [1.165, 1.54) is 12.1 Å². The Morgan fingerprint density at radius 2 is 1.72 bits per heavy atom. The summed E-state index contributed by atoms with van der Waals surface area (Å²) in [4.78, 5) is 11.2. The van der Waals surface area contributed by atoms with Gasteiger partial charge in [-0.3, -0.25) is 4.79 Å². The van der Waals surface area contributed by atoms with Crippen LogP contribution in [-0.4, -0.2) is 5.91 Å². The van der Waals surface area contributed by atoms with Crippen LogP contribution >= 0.6 is 0 Å². The van der Waals surface area contributed by atoms with Crippen molar-refractivity contribution in [3.8, 4) is 18.2 Å². The van der Waals surface area contributed by atoms with Gasteiger partial charge in [0.15, 0.2) is 5.57 Å². The zero-order valence-corrected chi connectivity index (χ0v) is 9.14. The maximum Gasteiger partial charge on any atom is 0.250 e. The van der Waals surface area contributed by atoms with E-state index < -0.39 is 5.91 Å². The van der Waals surface area contributed by atoms with Gasteiger partial charge in [-0.25, -0.2) is 0 Å². The number of carbonyl (C=O) groups is 1.